The highest BCUT2D eigenvalue weighted by molar-refractivity contribution is 6.33. The molecule has 1 N–H and O–H groups in total. The summed E-state index contributed by atoms with van der Waals surface area (Å²) in [6.07, 6.45) is -0.337. The van der Waals surface area contributed by atoms with Crippen LogP contribution < -0.4 is 0 Å². The van der Waals surface area contributed by atoms with Gasteiger partial charge in [-0.25, -0.2) is 4.79 Å². The predicted molar refractivity (Wildman–Crippen MR) is 54.2 cm³/mol. The van der Waals surface area contributed by atoms with Gasteiger partial charge >= 0.3 is 5.97 Å². The zero-order chi connectivity index (χ0) is 12.3. The third-order valence-corrected chi connectivity index (χ3v) is 2.07. The average Bonchev–Trinajstić information content (AvgIpc) is 2.20. The van der Waals surface area contributed by atoms with Crippen LogP contribution in [0.3, 0.4) is 0 Å². The summed E-state index contributed by atoms with van der Waals surface area (Å²) in [4.78, 5) is 31.2. The number of hydrogen-bond donors (Lipinski definition) is 1. The summed E-state index contributed by atoms with van der Waals surface area (Å²) in [7, 11) is 0. The van der Waals surface area contributed by atoms with Crippen LogP contribution >= 0.6 is 0 Å². The van der Waals surface area contributed by atoms with Crippen molar-refractivity contribution in [3.63, 3.8) is 0 Å². The van der Waals surface area contributed by atoms with Crippen molar-refractivity contribution in [2.45, 2.75) is 13.3 Å². The number of benzene rings is 1. The minimum absolute atomic E-state index is 0.115. The molecule has 0 aliphatic rings. The van der Waals surface area contributed by atoms with Crippen molar-refractivity contribution in [3.05, 3.63) is 39.4 Å². The van der Waals surface area contributed by atoms with E-state index in [4.69, 9.17) is 5.11 Å². The highest BCUT2D eigenvalue weighted by atomic mass is 16.6. The lowest BCUT2D eigenvalue weighted by molar-refractivity contribution is -0.385. The van der Waals surface area contributed by atoms with Gasteiger partial charge in [-0.2, -0.15) is 0 Å². The molecule has 0 aliphatic heterocycles. The molecule has 0 bridgehead atoms. The quantitative estimate of drug-likeness (QED) is 0.468. The zero-order valence-electron chi connectivity index (χ0n) is 8.47. The lowest BCUT2D eigenvalue weighted by Crippen LogP contribution is -2.15. The molecule has 0 unspecified atom stereocenters. The van der Waals surface area contributed by atoms with Gasteiger partial charge in [0, 0.05) is 18.1 Å². The van der Waals surface area contributed by atoms with E-state index in [1.165, 1.54) is 18.2 Å². The van der Waals surface area contributed by atoms with Gasteiger partial charge in [0.2, 0.25) is 5.78 Å². The molecule has 84 valence electrons. The second kappa shape index (κ2) is 4.52. The number of nitrogens with zero attached hydrogens (tertiary/aromatic N) is 1. The van der Waals surface area contributed by atoms with E-state index in [2.05, 4.69) is 0 Å². The largest absolute Gasteiger partial charge is 0.475 e. The van der Waals surface area contributed by atoms with Crippen LogP contribution in [0, 0.1) is 17.0 Å². The lowest BCUT2D eigenvalue weighted by atomic mass is 10.1. The number of aryl methyl sites for hydroxylation is 1. The molecule has 0 spiro atoms. The van der Waals surface area contributed by atoms with Gasteiger partial charge in [-0.05, 0) is 12.5 Å². The molecule has 6 nitrogen and oxygen atoms in total. The number of carboxylic acid groups (broad SMARTS) is 1. The number of aliphatic carboxylic acids is 1. The Bertz CT molecular complexity index is 466. The Balaban J connectivity index is 3.00. The molecule has 6 heteroatoms. The standard InChI is InChI=1S/C10H9NO5/c1-6-2-3-7(4-8(6)11(15)16)5-9(12)10(13)14/h2-4H,5H2,1H3,(H,13,14). The summed E-state index contributed by atoms with van der Waals surface area (Å²) in [5.74, 6) is -2.53. The highest BCUT2D eigenvalue weighted by Crippen LogP contribution is 2.19. The van der Waals surface area contributed by atoms with Crippen molar-refractivity contribution < 1.29 is 19.6 Å². The summed E-state index contributed by atoms with van der Waals surface area (Å²) in [5, 5.41) is 19.0. The van der Waals surface area contributed by atoms with Crippen LogP contribution in [0.2, 0.25) is 0 Å². The lowest BCUT2D eigenvalue weighted by Gasteiger charge is -2.00. The number of carboxylic acids is 1. The topological polar surface area (TPSA) is 97.5 Å². The van der Waals surface area contributed by atoms with Crippen LogP contribution in [0.1, 0.15) is 11.1 Å². The van der Waals surface area contributed by atoms with Crippen LogP contribution in [-0.2, 0) is 16.0 Å². The molecule has 0 heterocycles. The summed E-state index contributed by atoms with van der Waals surface area (Å²) in [5.41, 5.74) is 0.678. The molecular formula is C10H9NO5. The van der Waals surface area contributed by atoms with Gasteiger partial charge < -0.3 is 5.11 Å². The molecule has 0 radical (unpaired) electrons. The molecule has 1 aromatic rings. The van der Waals surface area contributed by atoms with E-state index in [1.807, 2.05) is 0 Å². The molecule has 1 rings (SSSR count). The number of rotatable bonds is 4. The maximum absolute atomic E-state index is 10.9. The van der Waals surface area contributed by atoms with E-state index in [-0.39, 0.29) is 12.1 Å². The number of nitro groups is 1. The Kier molecular flexibility index (Phi) is 3.34. The first-order chi connectivity index (χ1) is 7.41. The van der Waals surface area contributed by atoms with Crippen LogP contribution in [0.25, 0.3) is 0 Å². The predicted octanol–water partition coefficient (Wildman–Crippen LogP) is 1.10. The summed E-state index contributed by atoms with van der Waals surface area (Å²) < 4.78 is 0. The molecule has 16 heavy (non-hydrogen) atoms. The Hall–Kier alpha value is -2.24. The monoisotopic (exact) mass is 223 g/mol. The maximum Gasteiger partial charge on any atom is 0.372 e. The fourth-order valence-electron chi connectivity index (χ4n) is 1.22. The number of nitro benzene ring substituents is 1. The smallest absolute Gasteiger partial charge is 0.372 e. The Labute approximate surface area is 90.7 Å². The molecular weight excluding hydrogens is 214 g/mol. The number of Topliss-reactive ketones (excluding diaryl/α,β-unsaturated/α-hetero) is 1. The van der Waals surface area contributed by atoms with E-state index in [0.717, 1.165) is 0 Å². The zero-order valence-corrected chi connectivity index (χ0v) is 8.47. The van der Waals surface area contributed by atoms with Crippen molar-refractivity contribution in [1.82, 2.24) is 0 Å². The van der Waals surface area contributed by atoms with Gasteiger partial charge in [0.1, 0.15) is 0 Å². The van der Waals surface area contributed by atoms with E-state index in [1.54, 1.807) is 6.92 Å². The normalized spacial score (nSPS) is 9.81. The fourth-order valence-corrected chi connectivity index (χ4v) is 1.22. The maximum atomic E-state index is 10.9. The van der Waals surface area contributed by atoms with Crippen molar-refractivity contribution in [2.75, 3.05) is 0 Å². The minimum atomic E-state index is -1.54. The Morgan fingerprint density at radius 2 is 2.06 bits per heavy atom. The van der Waals surface area contributed by atoms with E-state index < -0.39 is 16.7 Å². The van der Waals surface area contributed by atoms with E-state index in [0.29, 0.717) is 11.1 Å². The van der Waals surface area contributed by atoms with E-state index >= 15 is 0 Å². The first-order valence-corrected chi connectivity index (χ1v) is 4.42. The van der Waals surface area contributed by atoms with Crippen LogP contribution in [-0.4, -0.2) is 21.8 Å². The summed E-state index contributed by atoms with van der Waals surface area (Å²) >= 11 is 0. The molecule has 0 fully saturated rings. The van der Waals surface area contributed by atoms with Crippen molar-refractivity contribution in [2.24, 2.45) is 0 Å². The average molecular weight is 223 g/mol. The molecule has 0 amide bonds. The number of ketones is 1. The van der Waals surface area contributed by atoms with Gasteiger partial charge in [0.15, 0.2) is 0 Å². The van der Waals surface area contributed by atoms with Crippen molar-refractivity contribution in [3.8, 4) is 0 Å². The molecule has 1 aromatic carbocycles. The number of hydrogen-bond acceptors (Lipinski definition) is 4. The van der Waals surface area contributed by atoms with Crippen molar-refractivity contribution >= 4 is 17.4 Å². The fraction of sp³-hybridized carbons (Fsp3) is 0.200. The number of carbonyl (C=O) groups is 2. The van der Waals surface area contributed by atoms with Gasteiger partial charge in [-0.15, -0.1) is 0 Å². The molecule has 0 aliphatic carbocycles. The molecule has 0 aromatic heterocycles. The second-order valence-corrected chi connectivity index (χ2v) is 3.28. The van der Waals surface area contributed by atoms with Crippen LogP contribution in [0.5, 0.6) is 0 Å². The number of carbonyl (C=O) groups excluding carboxylic acids is 1. The first-order valence-electron chi connectivity index (χ1n) is 4.42. The van der Waals surface area contributed by atoms with Gasteiger partial charge in [0.25, 0.3) is 5.69 Å². The van der Waals surface area contributed by atoms with Gasteiger partial charge in [0.05, 0.1) is 4.92 Å². The molecule has 0 saturated carbocycles. The Morgan fingerprint density at radius 3 is 2.56 bits per heavy atom. The third-order valence-electron chi connectivity index (χ3n) is 2.07. The van der Waals surface area contributed by atoms with Crippen LogP contribution in [0.15, 0.2) is 18.2 Å². The van der Waals surface area contributed by atoms with E-state index in [9.17, 15) is 19.7 Å². The first kappa shape index (κ1) is 11.8. The SMILES string of the molecule is Cc1ccc(CC(=O)C(=O)O)cc1[N+](=O)[O-]. The Morgan fingerprint density at radius 1 is 1.44 bits per heavy atom. The van der Waals surface area contributed by atoms with Crippen LogP contribution in [0.4, 0.5) is 5.69 Å². The molecule has 0 saturated heterocycles. The molecule has 0 atom stereocenters. The highest BCUT2D eigenvalue weighted by Gasteiger charge is 2.16. The van der Waals surface area contributed by atoms with Crippen molar-refractivity contribution in [1.29, 1.82) is 0 Å². The summed E-state index contributed by atoms with van der Waals surface area (Å²) in [6, 6.07) is 4.21. The van der Waals surface area contributed by atoms with Gasteiger partial charge in [-0.1, -0.05) is 12.1 Å². The third kappa shape index (κ3) is 2.63. The summed E-state index contributed by atoms with van der Waals surface area (Å²) in [6.45, 7) is 1.57. The second-order valence-electron chi connectivity index (χ2n) is 3.28. The minimum Gasteiger partial charge on any atom is -0.475 e. The van der Waals surface area contributed by atoms with Gasteiger partial charge in [-0.3, -0.25) is 14.9 Å².